The second kappa shape index (κ2) is 8.35. The lowest BCUT2D eigenvalue weighted by Crippen LogP contribution is -2.53. The predicted molar refractivity (Wildman–Crippen MR) is 109 cm³/mol. The average Bonchev–Trinajstić information content (AvgIpc) is 3.24. The number of aliphatic hydroxyl groups is 1. The van der Waals surface area contributed by atoms with Crippen molar-refractivity contribution < 1.29 is 27.6 Å². The van der Waals surface area contributed by atoms with Gasteiger partial charge >= 0.3 is 0 Å². The Morgan fingerprint density at radius 2 is 1.90 bits per heavy atom. The molecule has 0 radical (unpaired) electrons. The first kappa shape index (κ1) is 22.2. The summed E-state index contributed by atoms with van der Waals surface area (Å²) in [4.78, 5) is 14.4. The van der Waals surface area contributed by atoms with Crippen LogP contribution in [0.3, 0.4) is 0 Å². The maximum Gasteiger partial charge on any atom is 0.249 e. The summed E-state index contributed by atoms with van der Waals surface area (Å²) in [5, 5.41) is 13.5. The smallest absolute Gasteiger partial charge is 0.249 e. The van der Waals surface area contributed by atoms with Crippen molar-refractivity contribution in [1.29, 1.82) is 0 Å². The van der Waals surface area contributed by atoms with Crippen LogP contribution in [0, 0.1) is 0 Å². The van der Waals surface area contributed by atoms with Crippen LogP contribution in [0.1, 0.15) is 64.5 Å². The lowest BCUT2D eigenvalue weighted by atomic mass is 9.72. The van der Waals surface area contributed by atoms with E-state index < -0.39 is 31.2 Å². The van der Waals surface area contributed by atoms with Gasteiger partial charge in [0.1, 0.15) is 4.75 Å². The minimum Gasteiger partial charge on any atom is -0.395 e. The Bertz CT molecular complexity index is 820. The van der Waals surface area contributed by atoms with Crippen molar-refractivity contribution in [3.8, 4) is 0 Å². The van der Waals surface area contributed by atoms with E-state index in [1.165, 1.54) is 25.8 Å². The number of nitrogens with zero attached hydrogens (tertiary/aromatic N) is 2. The Hall–Kier alpha value is -1.45. The highest BCUT2D eigenvalue weighted by atomic mass is 32.2. The van der Waals surface area contributed by atoms with Gasteiger partial charge in [0.25, 0.3) is 0 Å². The minimum absolute atomic E-state index is 0.0275. The van der Waals surface area contributed by atoms with Gasteiger partial charge in [0.15, 0.2) is 9.84 Å². The van der Waals surface area contributed by atoms with E-state index >= 15 is 0 Å². The first-order valence-electron chi connectivity index (χ1n) is 10.3. The normalized spacial score (nSPS) is 21.1. The number of aromatic nitrogens is 1. The highest BCUT2D eigenvalue weighted by molar-refractivity contribution is 7.94. The van der Waals surface area contributed by atoms with E-state index in [0.717, 1.165) is 32.1 Å². The van der Waals surface area contributed by atoms with E-state index in [2.05, 4.69) is 5.16 Å². The maximum absolute atomic E-state index is 13.2. The van der Waals surface area contributed by atoms with Crippen LogP contribution in [-0.2, 0) is 24.8 Å². The quantitative estimate of drug-likeness (QED) is 0.739. The SMILES string of the molecule is CN(C(=O)C(C)(C)S(=O)(=O)C1CCOCC1)c1cc(C2(CO)CCCCC2)no1. The third-order valence-corrected chi connectivity index (χ3v) is 9.57. The van der Waals surface area contributed by atoms with Crippen molar-refractivity contribution in [2.45, 2.75) is 74.2 Å². The summed E-state index contributed by atoms with van der Waals surface area (Å²) in [5.41, 5.74) is 0.174. The monoisotopic (exact) mass is 428 g/mol. The molecule has 9 heteroatoms. The molecule has 2 fully saturated rings. The molecular weight excluding hydrogens is 396 g/mol. The molecule has 0 atom stereocenters. The van der Waals surface area contributed by atoms with Gasteiger partial charge in [0, 0.05) is 31.7 Å². The van der Waals surface area contributed by atoms with E-state index in [4.69, 9.17) is 9.26 Å². The molecule has 164 valence electrons. The molecule has 1 N–H and O–H groups in total. The largest absolute Gasteiger partial charge is 0.395 e. The summed E-state index contributed by atoms with van der Waals surface area (Å²) in [6, 6.07) is 1.66. The van der Waals surface area contributed by atoms with Crippen LogP contribution in [0.25, 0.3) is 0 Å². The summed E-state index contributed by atoms with van der Waals surface area (Å²) in [5.74, 6) is -0.368. The molecule has 3 rings (SSSR count). The molecular formula is C20H32N2O6S. The van der Waals surface area contributed by atoms with Crippen molar-refractivity contribution in [2.24, 2.45) is 0 Å². The third kappa shape index (κ3) is 3.96. The number of carbonyl (C=O) groups excluding carboxylic acids is 1. The second-order valence-corrected chi connectivity index (χ2v) is 11.6. The number of amides is 1. The molecule has 2 aliphatic rings. The van der Waals surface area contributed by atoms with Gasteiger partial charge in [-0.1, -0.05) is 24.4 Å². The number of rotatable bonds is 6. The van der Waals surface area contributed by atoms with E-state index in [1.807, 2.05) is 0 Å². The number of hydrogen-bond donors (Lipinski definition) is 1. The zero-order valence-electron chi connectivity index (χ0n) is 17.5. The van der Waals surface area contributed by atoms with Gasteiger partial charge in [-0.15, -0.1) is 0 Å². The number of anilines is 1. The molecule has 1 saturated carbocycles. The van der Waals surface area contributed by atoms with E-state index in [-0.39, 0.29) is 12.5 Å². The molecule has 0 spiro atoms. The van der Waals surface area contributed by atoms with Gasteiger partial charge in [-0.05, 0) is 39.5 Å². The highest BCUT2D eigenvalue weighted by Gasteiger charge is 2.48. The molecule has 1 amide bonds. The van der Waals surface area contributed by atoms with Crippen LogP contribution in [0.5, 0.6) is 0 Å². The zero-order valence-corrected chi connectivity index (χ0v) is 18.3. The van der Waals surface area contributed by atoms with Crippen molar-refractivity contribution >= 4 is 21.6 Å². The lowest BCUT2D eigenvalue weighted by molar-refractivity contribution is -0.120. The molecule has 1 aliphatic heterocycles. The summed E-state index contributed by atoms with van der Waals surface area (Å²) in [6.45, 7) is 3.65. The first-order chi connectivity index (χ1) is 13.7. The number of aliphatic hydroxyl groups excluding tert-OH is 1. The standard InChI is InChI=1S/C20H32N2O6S/c1-19(2,29(25,26)15-7-11-27-12-8-15)18(24)22(3)17-13-16(21-28-17)20(14-23)9-5-4-6-10-20/h13,15,23H,4-12,14H2,1-3H3. The number of hydrogen-bond acceptors (Lipinski definition) is 7. The molecule has 0 bridgehead atoms. The van der Waals surface area contributed by atoms with Gasteiger partial charge in [0.05, 0.1) is 17.6 Å². The lowest BCUT2D eigenvalue weighted by Gasteiger charge is -2.33. The summed E-state index contributed by atoms with van der Waals surface area (Å²) in [6.07, 6.45) is 5.57. The van der Waals surface area contributed by atoms with Crippen LogP contribution in [0.2, 0.25) is 0 Å². The number of ether oxygens (including phenoxy) is 1. The predicted octanol–water partition coefficient (Wildman–Crippen LogP) is 2.20. The van der Waals surface area contributed by atoms with E-state index in [1.54, 1.807) is 6.07 Å². The van der Waals surface area contributed by atoms with Gasteiger partial charge in [-0.3, -0.25) is 9.69 Å². The van der Waals surface area contributed by atoms with Gasteiger partial charge in [-0.2, -0.15) is 0 Å². The molecule has 1 aromatic heterocycles. The molecule has 0 unspecified atom stereocenters. The van der Waals surface area contributed by atoms with Crippen LogP contribution in [0.15, 0.2) is 10.6 Å². The van der Waals surface area contributed by atoms with Gasteiger partial charge in [0.2, 0.25) is 11.8 Å². The molecule has 29 heavy (non-hydrogen) atoms. The third-order valence-electron chi connectivity index (χ3n) is 6.62. The summed E-state index contributed by atoms with van der Waals surface area (Å²) >= 11 is 0. The Morgan fingerprint density at radius 3 is 2.48 bits per heavy atom. The van der Waals surface area contributed by atoms with Crippen LogP contribution >= 0.6 is 0 Å². The van der Waals surface area contributed by atoms with E-state index in [9.17, 15) is 18.3 Å². The summed E-state index contributed by atoms with van der Waals surface area (Å²) < 4.78 is 35.4. The highest BCUT2D eigenvalue weighted by Crippen LogP contribution is 2.40. The zero-order chi connectivity index (χ0) is 21.3. The van der Waals surface area contributed by atoms with Crippen molar-refractivity contribution in [2.75, 3.05) is 31.8 Å². The molecule has 0 aromatic carbocycles. The Morgan fingerprint density at radius 1 is 1.28 bits per heavy atom. The van der Waals surface area contributed by atoms with Crippen molar-refractivity contribution in [3.63, 3.8) is 0 Å². The molecule has 8 nitrogen and oxygen atoms in total. The van der Waals surface area contributed by atoms with Gasteiger partial charge < -0.3 is 14.4 Å². The molecule has 1 aromatic rings. The van der Waals surface area contributed by atoms with Crippen LogP contribution in [0.4, 0.5) is 5.88 Å². The first-order valence-corrected chi connectivity index (χ1v) is 11.9. The topological polar surface area (TPSA) is 110 Å². The molecule has 2 heterocycles. The Kier molecular flexibility index (Phi) is 6.41. The fraction of sp³-hybridized carbons (Fsp3) is 0.800. The van der Waals surface area contributed by atoms with Crippen LogP contribution in [-0.4, -0.2) is 61.5 Å². The van der Waals surface area contributed by atoms with Gasteiger partial charge in [-0.25, -0.2) is 8.42 Å². The maximum atomic E-state index is 13.2. The Balaban J connectivity index is 1.81. The number of sulfone groups is 1. The van der Waals surface area contributed by atoms with Crippen molar-refractivity contribution in [3.05, 3.63) is 11.8 Å². The fourth-order valence-electron chi connectivity index (χ4n) is 4.43. The Labute approximate surface area is 172 Å². The average molecular weight is 429 g/mol. The van der Waals surface area contributed by atoms with Crippen molar-refractivity contribution in [1.82, 2.24) is 5.16 Å². The van der Waals surface area contributed by atoms with Crippen LogP contribution < -0.4 is 4.90 Å². The molecule has 1 aliphatic carbocycles. The minimum atomic E-state index is -3.72. The fourth-order valence-corrected chi connectivity index (χ4v) is 6.45. The number of carbonyl (C=O) groups is 1. The summed E-state index contributed by atoms with van der Waals surface area (Å²) in [7, 11) is -2.22. The van der Waals surface area contributed by atoms with E-state index in [0.29, 0.717) is 31.7 Å². The second-order valence-electron chi connectivity index (χ2n) is 8.78. The molecule has 1 saturated heterocycles.